The summed E-state index contributed by atoms with van der Waals surface area (Å²) in [6, 6.07) is 2.49. The van der Waals surface area contributed by atoms with Crippen LogP contribution in [0.5, 0.6) is 11.5 Å². The van der Waals surface area contributed by atoms with E-state index in [4.69, 9.17) is 11.5 Å². The molecule has 24 heavy (non-hydrogen) atoms. The molecule has 0 bridgehead atoms. The summed E-state index contributed by atoms with van der Waals surface area (Å²) in [4.78, 5) is 14.9. The Morgan fingerprint density at radius 3 is 2.04 bits per heavy atom. The number of alkyl halides is 6. The van der Waals surface area contributed by atoms with Gasteiger partial charge in [-0.15, -0.1) is 0 Å². The van der Waals surface area contributed by atoms with Crippen molar-refractivity contribution in [1.82, 2.24) is 0 Å². The molecule has 1 amide bonds. The van der Waals surface area contributed by atoms with Gasteiger partial charge in [0.2, 0.25) is 0 Å². The van der Waals surface area contributed by atoms with Gasteiger partial charge in [-0.1, -0.05) is 0 Å². The molecule has 0 aliphatic heterocycles. The highest BCUT2D eigenvalue weighted by Crippen LogP contribution is 2.28. The van der Waals surface area contributed by atoms with Crippen molar-refractivity contribution in [2.45, 2.75) is 12.4 Å². The third kappa shape index (κ3) is 7.07. The summed E-state index contributed by atoms with van der Waals surface area (Å²) in [7, 11) is 0. The van der Waals surface area contributed by atoms with Crippen LogP contribution in [0, 0.1) is 0 Å². The number of amides is 1. The van der Waals surface area contributed by atoms with E-state index in [-0.39, 0.29) is 0 Å². The van der Waals surface area contributed by atoms with Crippen LogP contribution in [0.15, 0.2) is 23.2 Å². The predicted molar refractivity (Wildman–Crippen MR) is 69.7 cm³/mol. The Hall–Kier alpha value is -2.66. The highest BCUT2D eigenvalue weighted by molar-refractivity contribution is 6.03. The van der Waals surface area contributed by atoms with E-state index in [0.717, 1.165) is 18.2 Å². The number of halogens is 6. The van der Waals surface area contributed by atoms with E-state index in [1.54, 1.807) is 0 Å². The summed E-state index contributed by atoms with van der Waals surface area (Å²) in [6.07, 6.45) is -9.34. The molecule has 0 unspecified atom stereocenters. The van der Waals surface area contributed by atoms with Gasteiger partial charge >= 0.3 is 12.4 Å². The molecule has 0 atom stereocenters. The van der Waals surface area contributed by atoms with Crippen molar-refractivity contribution in [3.05, 3.63) is 23.8 Å². The van der Waals surface area contributed by atoms with Crippen molar-refractivity contribution in [3.8, 4) is 11.5 Å². The van der Waals surface area contributed by atoms with Crippen LogP contribution in [0.1, 0.15) is 10.4 Å². The molecule has 0 aromatic heterocycles. The van der Waals surface area contributed by atoms with E-state index in [0.29, 0.717) is 0 Å². The second-order valence-electron chi connectivity index (χ2n) is 4.31. The Morgan fingerprint density at radius 2 is 1.54 bits per heavy atom. The third-order valence-electron chi connectivity index (χ3n) is 2.21. The highest BCUT2D eigenvalue weighted by atomic mass is 19.4. The number of nitrogens with two attached hydrogens (primary N) is 2. The fourth-order valence-electron chi connectivity index (χ4n) is 1.39. The van der Waals surface area contributed by atoms with Crippen LogP contribution in [0.4, 0.5) is 26.3 Å². The number of aliphatic imine (C=N–C) groups is 1. The Labute approximate surface area is 131 Å². The number of benzene rings is 1. The van der Waals surface area contributed by atoms with Crippen LogP contribution in [0.2, 0.25) is 0 Å². The summed E-state index contributed by atoms with van der Waals surface area (Å²) < 4.78 is 81.7. The van der Waals surface area contributed by atoms with Crippen molar-refractivity contribution in [1.29, 1.82) is 0 Å². The van der Waals surface area contributed by atoms with Crippen molar-refractivity contribution < 1.29 is 40.6 Å². The van der Waals surface area contributed by atoms with Gasteiger partial charge < -0.3 is 20.9 Å². The van der Waals surface area contributed by atoms with Crippen LogP contribution in [0.25, 0.3) is 0 Å². The monoisotopic (exact) mass is 359 g/mol. The van der Waals surface area contributed by atoms with Gasteiger partial charge in [0.15, 0.2) is 19.2 Å². The molecule has 6 nitrogen and oxygen atoms in total. The number of guanidine groups is 1. The molecule has 1 aromatic carbocycles. The summed E-state index contributed by atoms with van der Waals surface area (Å²) >= 11 is 0. The van der Waals surface area contributed by atoms with Crippen molar-refractivity contribution in [3.63, 3.8) is 0 Å². The quantitative estimate of drug-likeness (QED) is 0.476. The maximum absolute atomic E-state index is 12.2. The molecule has 0 radical (unpaired) electrons. The van der Waals surface area contributed by atoms with Crippen LogP contribution in [-0.4, -0.2) is 37.4 Å². The summed E-state index contributed by atoms with van der Waals surface area (Å²) in [6.45, 7) is -3.39. The first kappa shape index (κ1) is 19.4. The Morgan fingerprint density at radius 1 is 1.00 bits per heavy atom. The number of hydrogen-bond donors (Lipinski definition) is 2. The average molecular weight is 359 g/mol. The Bertz CT molecular complexity index is 623. The lowest BCUT2D eigenvalue weighted by Crippen LogP contribution is -2.25. The fraction of sp³-hybridized carbons (Fsp3) is 0.333. The summed E-state index contributed by atoms with van der Waals surface area (Å²) in [5.41, 5.74) is 9.38. The van der Waals surface area contributed by atoms with E-state index < -0.39 is 54.5 Å². The average Bonchev–Trinajstić information content (AvgIpc) is 2.40. The fourth-order valence-corrected chi connectivity index (χ4v) is 1.39. The minimum Gasteiger partial charge on any atom is -0.484 e. The second kappa shape index (κ2) is 7.27. The zero-order valence-electron chi connectivity index (χ0n) is 11.7. The molecule has 0 aliphatic carbocycles. The SMILES string of the molecule is NC(N)=NC(=O)c1cc(OCC(F)(F)F)ccc1OCC(F)(F)F. The molecule has 134 valence electrons. The summed E-state index contributed by atoms with van der Waals surface area (Å²) in [5, 5.41) is 0. The van der Waals surface area contributed by atoms with Crippen molar-refractivity contribution in [2.75, 3.05) is 13.2 Å². The first-order valence-corrected chi connectivity index (χ1v) is 6.04. The lowest BCUT2D eigenvalue weighted by atomic mass is 10.1. The maximum Gasteiger partial charge on any atom is 0.422 e. The molecule has 4 N–H and O–H groups in total. The van der Waals surface area contributed by atoms with E-state index in [9.17, 15) is 31.1 Å². The highest BCUT2D eigenvalue weighted by Gasteiger charge is 2.30. The van der Waals surface area contributed by atoms with E-state index >= 15 is 0 Å². The lowest BCUT2D eigenvalue weighted by molar-refractivity contribution is -0.154. The van der Waals surface area contributed by atoms with Gasteiger partial charge in [-0.25, -0.2) is 0 Å². The molecule has 0 saturated carbocycles. The van der Waals surface area contributed by atoms with Crippen LogP contribution in [0.3, 0.4) is 0 Å². The van der Waals surface area contributed by atoms with Crippen molar-refractivity contribution in [2.24, 2.45) is 16.5 Å². The second-order valence-corrected chi connectivity index (χ2v) is 4.31. The number of rotatable bonds is 5. The van der Waals surface area contributed by atoms with Gasteiger partial charge in [-0.05, 0) is 18.2 Å². The molecule has 0 spiro atoms. The van der Waals surface area contributed by atoms with E-state index in [1.807, 2.05) is 0 Å². The van der Waals surface area contributed by atoms with Gasteiger partial charge in [0.1, 0.15) is 11.5 Å². The first-order chi connectivity index (χ1) is 10.9. The number of carbonyl (C=O) groups excluding carboxylic acids is 1. The molecule has 12 heteroatoms. The van der Waals surface area contributed by atoms with Gasteiger partial charge in [-0.3, -0.25) is 4.79 Å². The van der Waals surface area contributed by atoms with Gasteiger partial charge in [0.05, 0.1) is 5.56 Å². The Balaban J connectivity index is 3.09. The number of carbonyl (C=O) groups is 1. The minimum absolute atomic E-state index is 0.430. The molecule has 0 aliphatic rings. The van der Waals surface area contributed by atoms with Gasteiger partial charge in [-0.2, -0.15) is 31.3 Å². The van der Waals surface area contributed by atoms with E-state index in [1.165, 1.54) is 0 Å². The van der Waals surface area contributed by atoms with Crippen LogP contribution in [-0.2, 0) is 0 Å². The van der Waals surface area contributed by atoms with Gasteiger partial charge in [0, 0.05) is 0 Å². The largest absolute Gasteiger partial charge is 0.484 e. The molecule has 1 aromatic rings. The summed E-state index contributed by atoms with van der Waals surface area (Å²) in [5.74, 6) is -2.89. The normalized spacial score (nSPS) is 11.8. The van der Waals surface area contributed by atoms with Gasteiger partial charge in [0.25, 0.3) is 5.91 Å². The van der Waals surface area contributed by atoms with Crippen LogP contribution >= 0.6 is 0 Å². The molecule has 0 saturated heterocycles. The minimum atomic E-state index is -4.69. The first-order valence-electron chi connectivity index (χ1n) is 6.04. The third-order valence-corrected chi connectivity index (χ3v) is 2.21. The molecule has 0 fully saturated rings. The number of hydrogen-bond acceptors (Lipinski definition) is 3. The maximum atomic E-state index is 12.2. The lowest BCUT2D eigenvalue weighted by Gasteiger charge is -2.14. The zero-order chi connectivity index (χ0) is 18.5. The topological polar surface area (TPSA) is 99.9 Å². The molecule has 1 rings (SSSR count). The van der Waals surface area contributed by atoms with Crippen molar-refractivity contribution >= 4 is 11.9 Å². The number of ether oxygens (including phenoxy) is 2. The Kier molecular flexibility index (Phi) is 5.88. The zero-order valence-corrected chi connectivity index (χ0v) is 11.7. The molecule has 0 heterocycles. The standard InChI is InChI=1S/C12H11F6N3O3/c13-11(14,15)4-23-6-1-2-8(24-5-12(16,17)18)7(3-6)9(22)21-10(19)20/h1-3H,4-5H2,(H4,19,20,21,22). The number of nitrogens with zero attached hydrogens (tertiary/aromatic N) is 1. The van der Waals surface area contributed by atoms with Crippen LogP contribution < -0.4 is 20.9 Å². The van der Waals surface area contributed by atoms with E-state index in [2.05, 4.69) is 14.5 Å². The predicted octanol–water partition coefficient (Wildman–Crippen LogP) is 1.98. The molecular formula is C12H11F6N3O3. The smallest absolute Gasteiger partial charge is 0.422 e. The molecular weight excluding hydrogens is 348 g/mol.